The summed E-state index contributed by atoms with van der Waals surface area (Å²) < 4.78 is 10.5. The van der Waals surface area contributed by atoms with Gasteiger partial charge in [0.05, 0.1) is 17.9 Å². The summed E-state index contributed by atoms with van der Waals surface area (Å²) in [6.45, 7) is 3.73. The Kier molecular flexibility index (Phi) is 3.25. The van der Waals surface area contributed by atoms with Crippen LogP contribution in [0.1, 0.15) is 24.2 Å². The van der Waals surface area contributed by atoms with Crippen LogP contribution in [-0.4, -0.2) is 24.6 Å². The summed E-state index contributed by atoms with van der Waals surface area (Å²) in [6, 6.07) is 8.69. The van der Waals surface area contributed by atoms with Crippen LogP contribution in [0.2, 0.25) is 0 Å². The average Bonchev–Trinajstić information content (AvgIpc) is 2.48. The molecule has 0 unspecified atom stereocenters. The van der Waals surface area contributed by atoms with E-state index >= 15 is 0 Å². The van der Waals surface area contributed by atoms with Crippen LogP contribution in [0, 0.1) is 0 Å². The predicted molar refractivity (Wildman–Crippen MR) is 78.6 cm³/mol. The summed E-state index contributed by atoms with van der Waals surface area (Å²) in [7, 11) is 0. The maximum atomic E-state index is 12.1. The summed E-state index contributed by atoms with van der Waals surface area (Å²) in [5.41, 5.74) is 0.893. The van der Waals surface area contributed by atoms with E-state index in [0.29, 0.717) is 17.0 Å². The fraction of sp³-hybridized carbons (Fsp3) is 0.250. The van der Waals surface area contributed by atoms with E-state index in [-0.39, 0.29) is 12.6 Å². The zero-order chi connectivity index (χ0) is 15.0. The van der Waals surface area contributed by atoms with Crippen LogP contribution >= 0.6 is 0 Å². The van der Waals surface area contributed by atoms with Gasteiger partial charge in [-0.25, -0.2) is 9.59 Å². The highest BCUT2D eigenvalue weighted by atomic mass is 16.5. The SMILES string of the molecule is CCOC(=O)c1cc2ccccc2c2c1N[C@@H](C)C(=O)O2. The molecule has 0 aromatic heterocycles. The highest BCUT2D eigenvalue weighted by Crippen LogP contribution is 2.40. The minimum atomic E-state index is -0.508. The molecule has 3 rings (SSSR count). The van der Waals surface area contributed by atoms with Crippen molar-refractivity contribution in [2.75, 3.05) is 11.9 Å². The Morgan fingerprint density at radius 2 is 2.14 bits per heavy atom. The van der Waals surface area contributed by atoms with Crippen molar-refractivity contribution in [1.29, 1.82) is 0 Å². The van der Waals surface area contributed by atoms with Gasteiger partial charge in [-0.1, -0.05) is 24.3 Å². The van der Waals surface area contributed by atoms with E-state index in [0.717, 1.165) is 10.8 Å². The minimum absolute atomic E-state index is 0.287. The van der Waals surface area contributed by atoms with Gasteiger partial charge >= 0.3 is 11.9 Å². The van der Waals surface area contributed by atoms with E-state index in [4.69, 9.17) is 9.47 Å². The van der Waals surface area contributed by atoms with E-state index in [2.05, 4.69) is 5.32 Å². The lowest BCUT2D eigenvalue weighted by Gasteiger charge is -2.26. The lowest BCUT2D eigenvalue weighted by atomic mass is 10.0. The molecule has 1 heterocycles. The number of hydrogen-bond acceptors (Lipinski definition) is 5. The van der Waals surface area contributed by atoms with Crippen molar-refractivity contribution in [3.05, 3.63) is 35.9 Å². The topological polar surface area (TPSA) is 64.6 Å². The van der Waals surface area contributed by atoms with Crippen molar-refractivity contribution < 1.29 is 19.1 Å². The number of hydrogen-bond donors (Lipinski definition) is 1. The highest BCUT2D eigenvalue weighted by Gasteiger charge is 2.30. The molecule has 1 N–H and O–H groups in total. The summed E-state index contributed by atoms with van der Waals surface area (Å²) in [6.07, 6.45) is 0. The molecule has 0 saturated carbocycles. The van der Waals surface area contributed by atoms with Gasteiger partial charge in [-0.3, -0.25) is 0 Å². The van der Waals surface area contributed by atoms with Crippen LogP contribution in [0.15, 0.2) is 30.3 Å². The molecule has 2 aromatic carbocycles. The second kappa shape index (κ2) is 5.09. The average molecular weight is 285 g/mol. The number of nitrogens with one attached hydrogen (secondary N) is 1. The Balaban J connectivity index is 2.26. The molecule has 21 heavy (non-hydrogen) atoms. The molecular formula is C16H15NO4. The molecule has 0 fully saturated rings. The van der Waals surface area contributed by atoms with Crippen LogP contribution < -0.4 is 10.1 Å². The lowest BCUT2D eigenvalue weighted by molar-refractivity contribution is -0.135. The monoisotopic (exact) mass is 285 g/mol. The predicted octanol–water partition coefficient (Wildman–Crippen LogP) is 2.74. The molecule has 0 bridgehead atoms. The molecule has 5 heteroatoms. The largest absolute Gasteiger partial charge is 0.462 e. The maximum absolute atomic E-state index is 12.1. The molecule has 0 aliphatic carbocycles. The minimum Gasteiger partial charge on any atom is -0.462 e. The van der Waals surface area contributed by atoms with Crippen molar-refractivity contribution >= 4 is 28.4 Å². The Morgan fingerprint density at radius 1 is 1.38 bits per heavy atom. The molecular weight excluding hydrogens is 270 g/mol. The van der Waals surface area contributed by atoms with Crippen molar-refractivity contribution in [2.45, 2.75) is 19.9 Å². The molecule has 1 aliphatic rings. The Bertz CT molecular complexity index is 738. The first-order chi connectivity index (χ1) is 10.1. The lowest BCUT2D eigenvalue weighted by Crippen LogP contribution is -2.35. The van der Waals surface area contributed by atoms with E-state index in [1.807, 2.05) is 24.3 Å². The van der Waals surface area contributed by atoms with Gasteiger partial charge in [0.25, 0.3) is 0 Å². The third-order valence-electron chi connectivity index (χ3n) is 3.41. The van der Waals surface area contributed by atoms with E-state index < -0.39 is 12.0 Å². The second-order valence-electron chi connectivity index (χ2n) is 4.86. The fourth-order valence-electron chi connectivity index (χ4n) is 2.40. The van der Waals surface area contributed by atoms with Gasteiger partial charge in [0.1, 0.15) is 6.04 Å². The maximum Gasteiger partial charge on any atom is 0.340 e. The fourth-order valence-corrected chi connectivity index (χ4v) is 2.40. The van der Waals surface area contributed by atoms with Crippen molar-refractivity contribution in [3.8, 4) is 5.75 Å². The molecule has 108 valence electrons. The van der Waals surface area contributed by atoms with Crippen LogP contribution in [0.25, 0.3) is 10.8 Å². The van der Waals surface area contributed by atoms with Gasteiger partial charge in [-0.05, 0) is 25.3 Å². The first-order valence-electron chi connectivity index (χ1n) is 6.83. The summed E-state index contributed by atoms with van der Waals surface area (Å²) in [5.74, 6) is -0.412. The molecule has 1 atom stereocenters. The van der Waals surface area contributed by atoms with Gasteiger partial charge in [0.2, 0.25) is 0 Å². The first kappa shape index (κ1) is 13.4. The Morgan fingerprint density at radius 3 is 2.90 bits per heavy atom. The van der Waals surface area contributed by atoms with Crippen LogP contribution in [-0.2, 0) is 9.53 Å². The summed E-state index contributed by atoms with van der Waals surface area (Å²) in [5, 5.41) is 4.64. The molecule has 0 saturated heterocycles. The summed E-state index contributed by atoms with van der Waals surface area (Å²) >= 11 is 0. The van der Waals surface area contributed by atoms with Crippen molar-refractivity contribution in [2.24, 2.45) is 0 Å². The van der Waals surface area contributed by atoms with E-state index in [1.54, 1.807) is 19.9 Å². The molecule has 0 amide bonds. The van der Waals surface area contributed by atoms with Gasteiger partial charge < -0.3 is 14.8 Å². The quantitative estimate of drug-likeness (QED) is 0.679. The molecule has 0 radical (unpaired) electrons. The Hall–Kier alpha value is -2.56. The van der Waals surface area contributed by atoms with E-state index in [1.165, 1.54) is 0 Å². The molecule has 2 aromatic rings. The highest BCUT2D eigenvalue weighted by molar-refractivity contribution is 6.08. The zero-order valence-electron chi connectivity index (χ0n) is 11.8. The van der Waals surface area contributed by atoms with Gasteiger partial charge in [0.15, 0.2) is 5.75 Å². The second-order valence-corrected chi connectivity index (χ2v) is 4.86. The Labute approximate surface area is 121 Å². The standard InChI is InChI=1S/C16H15NO4/c1-3-20-16(19)12-8-10-6-4-5-7-11(10)14-13(12)17-9(2)15(18)21-14/h4-9,17H,3H2,1-2H3/t9-/m0/s1. The van der Waals surface area contributed by atoms with Crippen molar-refractivity contribution in [1.82, 2.24) is 0 Å². The van der Waals surface area contributed by atoms with E-state index in [9.17, 15) is 9.59 Å². The zero-order valence-corrected chi connectivity index (χ0v) is 11.8. The first-order valence-corrected chi connectivity index (χ1v) is 6.83. The number of fused-ring (bicyclic) bond motifs is 3. The number of ether oxygens (including phenoxy) is 2. The number of esters is 2. The van der Waals surface area contributed by atoms with Gasteiger partial charge in [-0.2, -0.15) is 0 Å². The van der Waals surface area contributed by atoms with Crippen LogP contribution in [0.3, 0.4) is 0 Å². The number of anilines is 1. The third kappa shape index (κ3) is 2.20. The van der Waals surface area contributed by atoms with Crippen LogP contribution in [0.4, 0.5) is 5.69 Å². The van der Waals surface area contributed by atoms with Gasteiger partial charge in [0, 0.05) is 5.39 Å². The normalized spacial score (nSPS) is 16.9. The van der Waals surface area contributed by atoms with Gasteiger partial charge in [-0.15, -0.1) is 0 Å². The molecule has 5 nitrogen and oxygen atoms in total. The van der Waals surface area contributed by atoms with Crippen molar-refractivity contribution in [3.63, 3.8) is 0 Å². The molecule has 0 spiro atoms. The third-order valence-corrected chi connectivity index (χ3v) is 3.41. The summed E-state index contributed by atoms with van der Waals surface area (Å²) in [4.78, 5) is 24.0. The molecule has 1 aliphatic heterocycles. The number of carbonyl (C=O) groups excluding carboxylic acids is 2. The van der Waals surface area contributed by atoms with Crippen LogP contribution in [0.5, 0.6) is 5.75 Å². The number of carbonyl (C=O) groups is 2. The smallest absolute Gasteiger partial charge is 0.340 e. The number of rotatable bonds is 2. The number of benzene rings is 2.